The number of carbonyl (C=O) groups is 1. The topological polar surface area (TPSA) is 64.9 Å². The van der Waals surface area contributed by atoms with Crippen LogP contribution in [0.5, 0.6) is 0 Å². The monoisotopic (exact) mass is 393 g/mol. The van der Waals surface area contributed by atoms with E-state index in [-0.39, 0.29) is 16.3 Å². The highest BCUT2D eigenvalue weighted by Gasteiger charge is 2.33. The van der Waals surface area contributed by atoms with Gasteiger partial charge in [0.25, 0.3) is 5.91 Å². The van der Waals surface area contributed by atoms with Gasteiger partial charge in [-0.2, -0.15) is 18.4 Å². The lowest BCUT2D eigenvalue weighted by atomic mass is 10.1. The summed E-state index contributed by atoms with van der Waals surface area (Å²) in [6.45, 7) is 3.69. The summed E-state index contributed by atoms with van der Waals surface area (Å²) < 4.78 is 39.3. The summed E-state index contributed by atoms with van der Waals surface area (Å²) in [5, 5.41) is 14.0. The van der Waals surface area contributed by atoms with Gasteiger partial charge in [-0.15, -0.1) is 0 Å². The summed E-state index contributed by atoms with van der Waals surface area (Å²) >= 11 is 5.62. The maximum absolute atomic E-state index is 13.1. The summed E-state index contributed by atoms with van der Waals surface area (Å²) in [5.41, 5.74) is 0.612. The van der Waals surface area contributed by atoms with Crippen molar-refractivity contribution in [1.29, 1.82) is 5.26 Å². The van der Waals surface area contributed by atoms with Gasteiger partial charge in [0, 0.05) is 16.9 Å². The second-order valence-corrected chi connectivity index (χ2v) is 6.21. The van der Waals surface area contributed by atoms with E-state index in [9.17, 15) is 23.2 Å². The van der Waals surface area contributed by atoms with Gasteiger partial charge in [-0.05, 0) is 43.7 Å². The molecule has 0 saturated carbocycles. The fourth-order valence-corrected chi connectivity index (χ4v) is 2.49. The number of halogens is 4. The Morgan fingerprint density at radius 1 is 1.15 bits per heavy atom. The third kappa shape index (κ3) is 5.25. The Morgan fingerprint density at radius 3 is 2.41 bits per heavy atom. The first kappa shape index (κ1) is 20.3. The van der Waals surface area contributed by atoms with E-state index >= 15 is 0 Å². The summed E-state index contributed by atoms with van der Waals surface area (Å²) in [6.07, 6.45) is -3.72. The van der Waals surface area contributed by atoms with Gasteiger partial charge in [0.1, 0.15) is 11.6 Å². The highest BCUT2D eigenvalue weighted by atomic mass is 35.5. The Labute approximate surface area is 159 Å². The van der Waals surface area contributed by atoms with E-state index in [1.165, 1.54) is 6.07 Å². The lowest BCUT2D eigenvalue weighted by Crippen LogP contribution is -2.16. The molecule has 0 fully saturated rings. The van der Waals surface area contributed by atoms with Crippen LogP contribution >= 0.6 is 11.6 Å². The van der Waals surface area contributed by atoms with Gasteiger partial charge in [0.2, 0.25) is 0 Å². The zero-order valence-electron chi connectivity index (χ0n) is 14.4. The van der Waals surface area contributed by atoms with Gasteiger partial charge in [0.05, 0.1) is 11.3 Å². The minimum absolute atomic E-state index is 0.0787. The van der Waals surface area contributed by atoms with Crippen LogP contribution in [0, 0.1) is 25.2 Å². The van der Waals surface area contributed by atoms with Crippen molar-refractivity contribution >= 4 is 28.9 Å². The Balaban J connectivity index is 2.24. The standard InChI is InChI=1S/C19H15ClF3N3O/c1-11-3-5-16(12(2)7-11)26-18(27)13(9-24)10-25-17-6-4-14(20)8-15(17)19(21,22)23/h3-8,10,25H,1-2H3,(H,26,27)/b13-10-. The Kier molecular flexibility index (Phi) is 6.13. The normalized spacial score (nSPS) is 11.7. The van der Waals surface area contributed by atoms with Crippen molar-refractivity contribution in [3.63, 3.8) is 0 Å². The molecule has 2 aromatic rings. The number of nitriles is 1. The van der Waals surface area contributed by atoms with E-state index in [1.807, 2.05) is 13.0 Å². The number of anilines is 2. The van der Waals surface area contributed by atoms with Crippen molar-refractivity contribution in [2.24, 2.45) is 0 Å². The van der Waals surface area contributed by atoms with Crippen molar-refractivity contribution < 1.29 is 18.0 Å². The smallest absolute Gasteiger partial charge is 0.360 e. The molecule has 0 aliphatic carbocycles. The molecule has 0 aromatic heterocycles. The number of nitrogens with zero attached hydrogens (tertiary/aromatic N) is 1. The first-order valence-electron chi connectivity index (χ1n) is 7.74. The zero-order chi connectivity index (χ0) is 20.2. The molecule has 0 saturated heterocycles. The number of rotatable bonds is 4. The van der Waals surface area contributed by atoms with E-state index < -0.39 is 17.6 Å². The van der Waals surface area contributed by atoms with Gasteiger partial charge < -0.3 is 10.6 Å². The van der Waals surface area contributed by atoms with Crippen LogP contribution in [0.2, 0.25) is 5.02 Å². The predicted octanol–water partition coefficient (Wildman–Crippen LogP) is 5.43. The SMILES string of the molecule is Cc1ccc(NC(=O)/C(C#N)=C\Nc2ccc(Cl)cc2C(F)(F)F)c(C)c1. The number of carbonyl (C=O) groups excluding carboxylic acids is 1. The average Bonchev–Trinajstić information content (AvgIpc) is 2.58. The lowest BCUT2D eigenvalue weighted by molar-refractivity contribution is -0.136. The maximum atomic E-state index is 13.1. The van der Waals surface area contributed by atoms with Gasteiger partial charge in [-0.1, -0.05) is 29.3 Å². The Hall–Kier alpha value is -2.98. The van der Waals surface area contributed by atoms with E-state index in [1.54, 1.807) is 25.1 Å². The molecule has 0 unspecified atom stereocenters. The molecule has 0 heterocycles. The predicted molar refractivity (Wildman–Crippen MR) is 98.3 cm³/mol. The van der Waals surface area contributed by atoms with Crippen LogP contribution in [-0.2, 0) is 11.0 Å². The quantitative estimate of drug-likeness (QED) is 0.537. The Bertz CT molecular complexity index is 946. The molecule has 0 radical (unpaired) electrons. The van der Waals surface area contributed by atoms with Gasteiger partial charge in [0.15, 0.2) is 0 Å². The average molecular weight is 394 g/mol. The fourth-order valence-electron chi connectivity index (χ4n) is 2.32. The molecule has 0 aliphatic rings. The van der Waals surface area contributed by atoms with Crippen molar-refractivity contribution in [1.82, 2.24) is 0 Å². The number of nitrogens with one attached hydrogen (secondary N) is 2. The molecule has 0 spiro atoms. The van der Waals surface area contributed by atoms with Crippen LogP contribution in [0.15, 0.2) is 48.2 Å². The van der Waals surface area contributed by atoms with Gasteiger partial charge in [-0.3, -0.25) is 4.79 Å². The largest absolute Gasteiger partial charge is 0.418 e. The van der Waals surface area contributed by atoms with Crippen LogP contribution in [0.3, 0.4) is 0 Å². The third-order valence-corrected chi connectivity index (χ3v) is 3.89. The Morgan fingerprint density at radius 2 is 1.81 bits per heavy atom. The van der Waals surface area contributed by atoms with Crippen molar-refractivity contribution in [2.45, 2.75) is 20.0 Å². The molecular formula is C19H15ClF3N3O. The van der Waals surface area contributed by atoms with Gasteiger partial charge in [-0.25, -0.2) is 0 Å². The zero-order valence-corrected chi connectivity index (χ0v) is 15.2. The number of benzene rings is 2. The van der Waals surface area contributed by atoms with E-state index in [0.717, 1.165) is 29.5 Å². The summed E-state index contributed by atoms with van der Waals surface area (Å²) in [6, 6.07) is 10.2. The summed E-state index contributed by atoms with van der Waals surface area (Å²) in [4.78, 5) is 12.3. The van der Waals surface area contributed by atoms with E-state index in [0.29, 0.717) is 5.69 Å². The first-order chi connectivity index (χ1) is 12.6. The second kappa shape index (κ2) is 8.14. The van der Waals surface area contributed by atoms with Crippen molar-refractivity contribution in [3.05, 3.63) is 69.9 Å². The second-order valence-electron chi connectivity index (χ2n) is 5.77. The molecule has 2 aromatic carbocycles. The van der Waals surface area contributed by atoms with Crippen molar-refractivity contribution in [3.8, 4) is 6.07 Å². The summed E-state index contributed by atoms with van der Waals surface area (Å²) in [7, 11) is 0. The maximum Gasteiger partial charge on any atom is 0.418 e. The van der Waals surface area contributed by atoms with Crippen LogP contribution in [-0.4, -0.2) is 5.91 Å². The van der Waals surface area contributed by atoms with Crippen LogP contribution < -0.4 is 10.6 Å². The minimum Gasteiger partial charge on any atom is -0.360 e. The fraction of sp³-hybridized carbons (Fsp3) is 0.158. The molecule has 140 valence electrons. The van der Waals surface area contributed by atoms with Crippen molar-refractivity contribution in [2.75, 3.05) is 10.6 Å². The number of aryl methyl sites for hydroxylation is 2. The molecule has 2 rings (SSSR count). The summed E-state index contributed by atoms with van der Waals surface area (Å²) in [5.74, 6) is -0.737. The highest BCUT2D eigenvalue weighted by molar-refractivity contribution is 6.30. The molecular weight excluding hydrogens is 379 g/mol. The van der Waals surface area contributed by atoms with Crippen LogP contribution in [0.4, 0.5) is 24.5 Å². The van der Waals surface area contributed by atoms with Crippen LogP contribution in [0.1, 0.15) is 16.7 Å². The van der Waals surface area contributed by atoms with E-state index in [4.69, 9.17) is 11.6 Å². The molecule has 0 aliphatic heterocycles. The number of amides is 1. The molecule has 8 heteroatoms. The number of hydrogen-bond donors (Lipinski definition) is 2. The molecule has 27 heavy (non-hydrogen) atoms. The molecule has 4 nitrogen and oxygen atoms in total. The number of hydrogen-bond acceptors (Lipinski definition) is 3. The third-order valence-electron chi connectivity index (χ3n) is 3.65. The molecule has 0 bridgehead atoms. The van der Waals surface area contributed by atoms with Crippen LogP contribution in [0.25, 0.3) is 0 Å². The molecule has 2 N–H and O–H groups in total. The first-order valence-corrected chi connectivity index (χ1v) is 8.12. The number of alkyl halides is 3. The van der Waals surface area contributed by atoms with E-state index in [2.05, 4.69) is 10.6 Å². The molecule has 0 atom stereocenters. The highest BCUT2D eigenvalue weighted by Crippen LogP contribution is 2.36. The van der Waals surface area contributed by atoms with Gasteiger partial charge >= 0.3 is 6.18 Å². The minimum atomic E-state index is -4.64. The molecule has 1 amide bonds. The lowest BCUT2D eigenvalue weighted by Gasteiger charge is -2.13.